The van der Waals surface area contributed by atoms with E-state index in [9.17, 15) is 4.79 Å². The number of hydrogen-bond acceptors (Lipinski definition) is 6. The first-order valence-electron chi connectivity index (χ1n) is 10.3. The van der Waals surface area contributed by atoms with Crippen molar-refractivity contribution in [1.82, 2.24) is 14.8 Å². The van der Waals surface area contributed by atoms with Gasteiger partial charge in [0.15, 0.2) is 5.69 Å². The van der Waals surface area contributed by atoms with Crippen LogP contribution in [-0.4, -0.2) is 14.8 Å². The molecule has 34 heavy (non-hydrogen) atoms. The number of thiazole rings is 1. The molecule has 5 rings (SSSR count). The molecule has 0 saturated carbocycles. The molecule has 3 aromatic carbocycles. The van der Waals surface area contributed by atoms with Gasteiger partial charge >= 0.3 is 5.56 Å². The first-order chi connectivity index (χ1) is 16.6. The van der Waals surface area contributed by atoms with Gasteiger partial charge in [-0.15, -0.1) is 16.5 Å². The molecule has 0 atom stereocenters. The SMILES string of the molecule is Cc1[nH]n(-c2nc(-c3ccc(Cl)cc3)cs2)c(=O)c1N=Nc1ccc(Oc2ccccc2)cc1. The molecule has 0 fully saturated rings. The van der Waals surface area contributed by atoms with Gasteiger partial charge in [0, 0.05) is 16.0 Å². The van der Waals surface area contributed by atoms with E-state index in [0.29, 0.717) is 27.3 Å². The number of hydrogen-bond donors (Lipinski definition) is 1. The lowest BCUT2D eigenvalue weighted by Gasteiger charge is -2.04. The van der Waals surface area contributed by atoms with Gasteiger partial charge in [-0.3, -0.25) is 9.89 Å². The van der Waals surface area contributed by atoms with Crippen LogP contribution in [0.5, 0.6) is 11.5 Å². The van der Waals surface area contributed by atoms with Crippen molar-refractivity contribution in [3.8, 4) is 27.9 Å². The maximum absolute atomic E-state index is 13.0. The largest absolute Gasteiger partial charge is 0.457 e. The van der Waals surface area contributed by atoms with Crippen molar-refractivity contribution in [2.75, 3.05) is 0 Å². The van der Waals surface area contributed by atoms with Crippen LogP contribution in [0.4, 0.5) is 11.4 Å². The molecular weight excluding hydrogens is 470 g/mol. The number of para-hydroxylation sites is 1. The van der Waals surface area contributed by atoms with Crippen molar-refractivity contribution in [2.45, 2.75) is 6.92 Å². The highest BCUT2D eigenvalue weighted by Crippen LogP contribution is 2.27. The summed E-state index contributed by atoms with van der Waals surface area (Å²) in [5, 5.41) is 14.5. The summed E-state index contributed by atoms with van der Waals surface area (Å²) in [6.07, 6.45) is 0. The predicted molar refractivity (Wildman–Crippen MR) is 134 cm³/mol. The minimum absolute atomic E-state index is 0.229. The Morgan fingerprint density at radius 3 is 2.38 bits per heavy atom. The number of H-pyrrole nitrogens is 1. The average molecular weight is 488 g/mol. The van der Waals surface area contributed by atoms with E-state index < -0.39 is 0 Å². The van der Waals surface area contributed by atoms with Crippen LogP contribution in [0.2, 0.25) is 5.02 Å². The van der Waals surface area contributed by atoms with Gasteiger partial charge in [0.1, 0.15) is 11.5 Å². The molecule has 0 saturated heterocycles. The standard InChI is InChI=1S/C25H18ClN5O2S/c1-16-23(29-28-19-11-13-21(14-12-19)33-20-5-3-2-4-6-20)24(32)31(30-16)25-27-22(15-34-25)17-7-9-18(26)10-8-17/h2-15,30H,1H3. The number of ether oxygens (including phenoxy) is 1. The van der Waals surface area contributed by atoms with Crippen LogP contribution in [0, 0.1) is 6.92 Å². The number of halogens is 1. The summed E-state index contributed by atoms with van der Waals surface area (Å²) in [4.78, 5) is 17.5. The zero-order chi connectivity index (χ0) is 23.5. The summed E-state index contributed by atoms with van der Waals surface area (Å²) < 4.78 is 7.16. The Kier molecular flexibility index (Phi) is 6.07. The second kappa shape index (κ2) is 9.46. The molecule has 2 aromatic heterocycles. The number of aryl methyl sites for hydroxylation is 1. The number of aromatic nitrogens is 3. The van der Waals surface area contributed by atoms with Crippen molar-refractivity contribution in [3.05, 3.63) is 105 Å². The Morgan fingerprint density at radius 2 is 1.65 bits per heavy atom. The third-order valence-corrected chi connectivity index (χ3v) is 6.02. The van der Waals surface area contributed by atoms with Crippen LogP contribution in [-0.2, 0) is 0 Å². The van der Waals surface area contributed by atoms with E-state index in [1.54, 1.807) is 43.3 Å². The Bertz CT molecular complexity index is 1500. The molecule has 0 unspecified atom stereocenters. The normalized spacial score (nSPS) is 11.2. The quantitative estimate of drug-likeness (QED) is 0.252. The number of rotatable bonds is 6. The van der Waals surface area contributed by atoms with Gasteiger partial charge in [-0.25, -0.2) is 4.98 Å². The van der Waals surface area contributed by atoms with Crippen LogP contribution in [0.1, 0.15) is 5.69 Å². The number of azo groups is 1. The highest BCUT2D eigenvalue weighted by Gasteiger charge is 2.15. The fraction of sp³-hybridized carbons (Fsp3) is 0.0400. The monoisotopic (exact) mass is 487 g/mol. The molecule has 0 spiro atoms. The molecule has 0 amide bonds. The molecule has 1 N–H and O–H groups in total. The first kappa shape index (κ1) is 21.8. The van der Waals surface area contributed by atoms with E-state index in [-0.39, 0.29) is 11.2 Å². The molecule has 0 radical (unpaired) electrons. The van der Waals surface area contributed by atoms with Crippen LogP contribution in [0.25, 0.3) is 16.4 Å². The first-order valence-corrected chi connectivity index (χ1v) is 11.6. The van der Waals surface area contributed by atoms with Crippen LogP contribution >= 0.6 is 22.9 Å². The highest BCUT2D eigenvalue weighted by molar-refractivity contribution is 7.12. The third kappa shape index (κ3) is 4.68. The fourth-order valence-electron chi connectivity index (χ4n) is 3.22. The topological polar surface area (TPSA) is 84.6 Å². The van der Waals surface area contributed by atoms with Crippen molar-refractivity contribution in [1.29, 1.82) is 0 Å². The summed E-state index contributed by atoms with van der Waals surface area (Å²) in [7, 11) is 0. The van der Waals surface area contributed by atoms with Crippen molar-refractivity contribution >= 4 is 34.3 Å². The number of nitrogens with zero attached hydrogens (tertiary/aromatic N) is 4. The van der Waals surface area contributed by atoms with Gasteiger partial charge in [0.05, 0.1) is 17.1 Å². The predicted octanol–water partition coefficient (Wildman–Crippen LogP) is 7.46. The van der Waals surface area contributed by atoms with E-state index in [0.717, 1.165) is 17.0 Å². The molecule has 0 aliphatic rings. The maximum Gasteiger partial charge on any atom is 0.301 e. The minimum atomic E-state index is -0.317. The van der Waals surface area contributed by atoms with Gasteiger partial charge in [0.25, 0.3) is 0 Å². The molecule has 168 valence electrons. The van der Waals surface area contributed by atoms with Crippen molar-refractivity contribution in [3.63, 3.8) is 0 Å². The summed E-state index contributed by atoms with van der Waals surface area (Å²) in [6, 6.07) is 24.1. The second-order valence-corrected chi connectivity index (χ2v) is 8.63. The summed E-state index contributed by atoms with van der Waals surface area (Å²) in [5.74, 6) is 1.44. The van der Waals surface area contributed by atoms with Crippen LogP contribution < -0.4 is 10.3 Å². The summed E-state index contributed by atoms with van der Waals surface area (Å²) in [5.41, 5.74) is 2.79. The van der Waals surface area contributed by atoms with Gasteiger partial charge in [-0.2, -0.15) is 9.80 Å². The van der Waals surface area contributed by atoms with E-state index >= 15 is 0 Å². The van der Waals surface area contributed by atoms with Gasteiger partial charge in [0.2, 0.25) is 5.13 Å². The molecule has 2 heterocycles. The molecule has 9 heteroatoms. The van der Waals surface area contributed by atoms with Crippen LogP contribution in [0.3, 0.4) is 0 Å². The molecule has 0 aliphatic carbocycles. The van der Waals surface area contributed by atoms with Gasteiger partial charge < -0.3 is 4.74 Å². The van der Waals surface area contributed by atoms with Gasteiger partial charge in [-0.05, 0) is 55.5 Å². The lowest BCUT2D eigenvalue weighted by atomic mass is 10.2. The highest BCUT2D eigenvalue weighted by atomic mass is 35.5. The van der Waals surface area contributed by atoms with E-state index in [4.69, 9.17) is 16.3 Å². The van der Waals surface area contributed by atoms with Crippen molar-refractivity contribution < 1.29 is 4.74 Å². The van der Waals surface area contributed by atoms with E-state index in [2.05, 4.69) is 20.3 Å². The summed E-state index contributed by atoms with van der Waals surface area (Å²) >= 11 is 7.32. The van der Waals surface area contributed by atoms with Crippen molar-refractivity contribution in [2.24, 2.45) is 10.2 Å². The number of nitrogens with one attached hydrogen (secondary N) is 1. The minimum Gasteiger partial charge on any atom is -0.457 e. The van der Waals surface area contributed by atoms with Gasteiger partial charge in [-0.1, -0.05) is 41.9 Å². The molecule has 5 aromatic rings. The number of aromatic amines is 1. The molecule has 7 nitrogen and oxygen atoms in total. The Labute approximate surface area is 204 Å². The Balaban J connectivity index is 1.34. The molecule has 0 bridgehead atoms. The maximum atomic E-state index is 13.0. The zero-order valence-corrected chi connectivity index (χ0v) is 19.5. The summed E-state index contributed by atoms with van der Waals surface area (Å²) in [6.45, 7) is 1.77. The molecule has 0 aliphatic heterocycles. The van der Waals surface area contributed by atoms with Crippen LogP contribution in [0.15, 0.2) is 99.3 Å². The lowest BCUT2D eigenvalue weighted by molar-refractivity contribution is 0.483. The smallest absolute Gasteiger partial charge is 0.301 e. The average Bonchev–Trinajstić information content (AvgIpc) is 3.44. The Morgan fingerprint density at radius 1 is 0.941 bits per heavy atom. The third-order valence-electron chi connectivity index (χ3n) is 4.94. The second-order valence-electron chi connectivity index (χ2n) is 7.36. The van der Waals surface area contributed by atoms with E-state index in [1.807, 2.05) is 47.8 Å². The lowest BCUT2D eigenvalue weighted by Crippen LogP contribution is -2.13. The molecular formula is C25H18ClN5O2S. The fourth-order valence-corrected chi connectivity index (χ4v) is 4.14. The Hall–Kier alpha value is -4.01. The number of benzene rings is 3. The zero-order valence-electron chi connectivity index (χ0n) is 18.0. The van der Waals surface area contributed by atoms with E-state index in [1.165, 1.54) is 16.0 Å².